The summed E-state index contributed by atoms with van der Waals surface area (Å²) in [6.45, 7) is 12.4. The van der Waals surface area contributed by atoms with Gasteiger partial charge in [0.1, 0.15) is 0 Å². The van der Waals surface area contributed by atoms with Gasteiger partial charge in [-0.1, -0.05) is 76.3 Å². The van der Waals surface area contributed by atoms with Crippen LogP contribution in [0, 0.1) is 6.92 Å². The molecular weight excluding hydrogens is 290 g/mol. The van der Waals surface area contributed by atoms with Crippen LogP contribution in [0.1, 0.15) is 64.6 Å². The molecule has 1 atom stereocenters. The lowest BCUT2D eigenvalue weighted by Crippen LogP contribution is -2.20. The second kappa shape index (κ2) is 10.7. The van der Waals surface area contributed by atoms with E-state index in [0.717, 1.165) is 12.8 Å². The highest BCUT2D eigenvalue weighted by Crippen LogP contribution is 2.31. The van der Waals surface area contributed by atoms with Crippen LogP contribution in [-0.2, 0) is 0 Å². The molecule has 1 aromatic rings. The van der Waals surface area contributed by atoms with Crippen molar-refractivity contribution in [2.75, 3.05) is 0 Å². The molecule has 0 saturated carbocycles. The van der Waals surface area contributed by atoms with Gasteiger partial charge < -0.3 is 5.32 Å². The van der Waals surface area contributed by atoms with Gasteiger partial charge in [0.05, 0.1) is 6.04 Å². The molecule has 1 aliphatic carbocycles. The van der Waals surface area contributed by atoms with Crippen molar-refractivity contribution in [1.82, 2.24) is 5.32 Å². The smallest absolute Gasteiger partial charge is 0.0701 e. The summed E-state index contributed by atoms with van der Waals surface area (Å²) in [5.74, 6) is 0. The van der Waals surface area contributed by atoms with Gasteiger partial charge in [0.25, 0.3) is 0 Å². The van der Waals surface area contributed by atoms with Gasteiger partial charge in [-0.05, 0) is 54.5 Å². The standard InChI is InChI=1S/C19H21N.2C2H6/c1-14-8-6-7-11-17(14)19-12-15(2)18(13-20-19)16-9-4-3-5-10-16;2*1-2/h3-4,6-9,11-13,19-20H,5,10H2,1-2H3;2*1-2H3. The van der Waals surface area contributed by atoms with Crippen molar-refractivity contribution in [2.24, 2.45) is 0 Å². The highest BCUT2D eigenvalue weighted by Gasteiger charge is 2.17. The fourth-order valence-corrected chi connectivity index (χ4v) is 2.96. The lowest BCUT2D eigenvalue weighted by Gasteiger charge is -2.25. The van der Waals surface area contributed by atoms with Gasteiger partial charge in [-0.3, -0.25) is 0 Å². The minimum atomic E-state index is 0.291. The maximum atomic E-state index is 3.55. The zero-order valence-electron chi connectivity index (χ0n) is 16.2. The number of nitrogens with one attached hydrogen (secondary N) is 1. The molecule has 0 aromatic heterocycles. The maximum absolute atomic E-state index is 3.55. The first kappa shape index (κ1) is 20.0. The van der Waals surface area contributed by atoms with E-state index in [9.17, 15) is 0 Å². The van der Waals surface area contributed by atoms with Gasteiger partial charge >= 0.3 is 0 Å². The number of hydrogen-bond acceptors (Lipinski definition) is 1. The minimum absolute atomic E-state index is 0.291. The van der Waals surface area contributed by atoms with E-state index in [4.69, 9.17) is 0 Å². The Bertz CT molecular complexity index is 629. The molecule has 1 heteroatoms. The third-order valence-corrected chi connectivity index (χ3v) is 4.13. The second-order valence-electron chi connectivity index (χ2n) is 5.57. The van der Waals surface area contributed by atoms with Crippen molar-refractivity contribution in [3.8, 4) is 0 Å². The van der Waals surface area contributed by atoms with Gasteiger partial charge in [0.2, 0.25) is 0 Å². The lowest BCUT2D eigenvalue weighted by molar-refractivity contribution is 0.724. The molecule has 0 fully saturated rings. The number of allylic oxidation sites excluding steroid dienone is 6. The van der Waals surface area contributed by atoms with Gasteiger partial charge in [-0.2, -0.15) is 0 Å². The molecule has 0 spiro atoms. The molecule has 0 saturated heterocycles. The molecular formula is C23H33N. The highest BCUT2D eigenvalue weighted by molar-refractivity contribution is 5.51. The Labute approximate surface area is 148 Å². The maximum Gasteiger partial charge on any atom is 0.0701 e. The summed E-state index contributed by atoms with van der Waals surface area (Å²) in [6.07, 6.45) is 13.5. The predicted molar refractivity (Wildman–Crippen MR) is 108 cm³/mol. The van der Waals surface area contributed by atoms with Crippen molar-refractivity contribution in [3.05, 3.63) is 82.6 Å². The number of hydrogen-bond donors (Lipinski definition) is 1. The fraction of sp³-hybridized carbons (Fsp3) is 0.391. The van der Waals surface area contributed by atoms with Crippen molar-refractivity contribution in [2.45, 2.75) is 60.4 Å². The van der Waals surface area contributed by atoms with Gasteiger partial charge in [0, 0.05) is 6.20 Å². The normalized spacial score (nSPS) is 18.6. The topological polar surface area (TPSA) is 12.0 Å². The molecule has 1 unspecified atom stereocenters. The number of benzene rings is 1. The second-order valence-corrected chi connectivity index (χ2v) is 5.57. The van der Waals surface area contributed by atoms with Gasteiger partial charge in [0.15, 0.2) is 0 Å². The van der Waals surface area contributed by atoms with E-state index in [0.29, 0.717) is 6.04 Å². The third-order valence-electron chi connectivity index (χ3n) is 4.13. The molecule has 3 rings (SSSR count). The van der Waals surface area contributed by atoms with E-state index in [-0.39, 0.29) is 0 Å². The van der Waals surface area contributed by atoms with E-state index in [1.54, 1.807) is 0 Å². The average molecular weight is 324 g/mol. The average Bonchev–Trinajstić information content (AvgIpc) is 2.66. The highest BCUT2D eigenvalue weighted by atomic mass is 14.9. The van der Waals surface area contributed by atoms with Crippen LogP contribution in [0.5, 0.6) is 0 Å². The zero-order valence-corrected chi connectivity index (χ0v) is 16.2. The van der Waals surface area contributed by atoms with Gasteiger partial charge in [-0.15, -0.1) is 0 Å². The Morgan fingerprint density at radius 3 is 2.29 bits per heavy atom. The molecule has 2 aliphatic rings. The summed E-state index contributed by atoms with van der Waals surface area (Å²) < 4.78 is 0. The molecule has 1 N–H and O–H groups in total. The molecule has 1 heterocycles. The Kier molecular flexibility index (Phi) is 8.93. The summed E-state index contributed by atoms with van der Waals surface area (Å²) in [5.41, 5.74) is 6.88. The lowest BCUT2D eigenvalue weighted by atomic mass is 9.88. The largest absolute Gasteiger partial charge is 0.380 e. The van der Waals surface area contributed by atoms with E-state index >= 15 is 0 Å². The van der Waals surface area contributed by atoms with Gasteiger partial charge in [-0.25, -0.2) is 0 Å². The summed E-state index contributed by atoms with van der Waals surface area (Å²) in [4.78, 5) is 0. The van der Waals surface area contributed by atoms with Crippen molar-refractivity contribution in [1.29, 1.82) is 0 Å². The summed E-state index contributed by atoms with van der Waals surface area (Å²) in [5, 5.41) is 3.55. The van der Waals surface area contributed by atoms with Crippen molar-refractivity contribution >= 4 is 0 Å². The number of dihydropyridines is 1. The molecule has 0 amide bonds. The molecule has 0 bridgehead atoms. The molecule has 0 radical (unpaired) electrons. The van der Waals surface area contributed by atoms with E-state index < -0.39 is 0 Å². The Morgan fingerprint density at radius 2 is 1.71 bits per heavy atom. The first-order chi connectivity index (χ1) is 11.8. The van der Waals surface area contributed by atoms with Crippen molar-refractivity contribution in [3.63, 3.8) is 0 Å². The number of aryl methyl sites for hydroxylation is 1. The molecule has 1 nitrogen and oxygen atoms in total. The minimum Gasteiger partial charge on any atom is -0.380 e. The van der Waals surface area contributed by atoms with Crippen LogP contribution >= 0.6 is 0 Å². The first-order valence-corrected chi connectivity index (χ1v) is 9.32. The van der Waals surface area contributed by atoms with Crippen LogP contribution in [0.2, 0.25) is 0 Å². The molecule has 1 aliphatic heterocycles. The first-order valence-electron chi connectivity index (χ1n) is 9.32. The molecule has 24 heavy (non-hydrogen) atoms. The zero-order chi connectivity index (χ0) is 17.9. The Morgan fingerprint density at radius 1 is 1.00 bits per heavy atom. The van der Waals surface area contributed by atoms with Crippen LogP contribution in [0.4, 0.5) is 0 Å². The fourth-order valence-electron chi connectivity index (χ4n) is 2.96. The van der Waals surface area contributed by atoms with E-state index in [2.05, 4.69) is 73.9 Å². The molecule has 130 valence electrons. The SMILES string of the molecule is CC.CC.CC1=CC(c2ccccc2C)NC=C1C1=CC=CCC1. The van der Waals surface area contributed by atoms with Crippen LogP contribution in [0.15, 0.2) is 71.5 Å². The summed E-state index contributed by atoms with van der Waals surface area (Å²) in [6, 6.07) is 8.88. The molecule has 1 aromatic carbocycles. The third kappa shape index (κ3) is 4.99. The van der Waals surface area contributed by atoms with Crippen LogP contribution < -0.4 is 5.32 Å². The van der Waals surface area contributed by atoms with Crippen molar-refractivity contribution < 1.29 is 0 Å². The van der Waals surface area contributed by atoms with Crippen LogP contribution in [0.25, 0.3) is 0 Å². The Balaban J connectivity index is 0.000000671. The monoisotopic (exact) mass is 323 g/mol. The predicted octanol–water partition coefficient (Wildman–Crippen LogP) is 6.80. The summed E-state index contributed by atoms with van der Waals surface area (Å²) in [7, 11) is 0. The Hall–Kier alpha value is -2.02. The van der Waals surface area contributed by atoms with Crippen LogP contribution in [0.3, 0.4) is 0 Å². The number of rotatable bonds is 2. The van der Waals surface area contributed by atoms with Crippen LogP contribution in [-0.4, -0.2) is 0 Å². The quantitative estimate of drug-likeness (QED) is 0.631. The van der Waals surface area contributed by atoms with E-state index in [1.165, 1.54) is 27.8 Å². The summed E-state index contributed by atoms with van der Waals surface area (Å²) >= 11 is 0. The van der Waals surface area contributed by atoms with E-state index in [1.807, 2.05) is 27.7 Å².